The number of carbonyl (C=O) groups is 1. The molecule has 0 radical (unpaired) electrons. The molecule has 0 aliphatic rings. The zero-order valence-corrected chi connectivity index (χ0v) is 13.1. The molecular weight excluding hydrogens is 302 g/mol. The predicted octanol–water partition coefficient (Wildman–Crippen LogP) is 3.46. The van der Waals surface area contributed by atoms with Crippen LogP contribution in [-0.2, 0) is 4.79 Å². The van der Waals surface area contributed by atoms with Crippen LogP contribution in [0.25, 0.3) is 10.4 Å². The number of hydrogen-bond donors (Lipinski definition) is 1. The fourth-order valence-corrected chi connectivity index (χ4v) is 2.86. The highest BCUT2D eigenvalue weighted by Gasteiger charge is 2.17. The molecule has 0 bridgehead atoms. The Hall–Kier alpha value is -2.52. The number of hydrogen-bond acceptors (Lipinski definition) is 5. The molecule has 0 saturated heterocycles. The van der Waals surface area contributed by atoms with Crippen LogP contribution in [0.4, 0.5) is 0 Å². The van der Waals surface area contributed by atoms with Crippen LogP contribution in [0.2, 0.25) is 0 Å². The molecule has 0 spiro atoms. The Labute approximate surface area is 132 Å². The van der Waals surface area contributed by atoms with E-state index in [1.165, 1.54) is 0 Å². The van der Waals surface area contributed by atoms with Crippen LogP contribution >= 0.6 is 11.3 Å². The van der Waals surface area contributed by atoms with Crippen molar-refractivity contribution >= 4 is 17.3 Å². The lowest BCUT2D eigenvalue weighted by Gasteiger charge is -2.15. The van der Waals surface area contributed by atoms with E-state index in [1.807, 2.05) is 26.0 Å². The van der Waals surface area contributed by atoms with Gasteiger partial charge in [0, 0.05) is 21.4 Å². The van der Waals surface area contributed by atoms with Crippen molar-refractivity contribution in [3.8, 4) is 28.0 Å². The van der Waals surface area contributed by atoms with Gasteiger partial charge in [-0.05, 0) is 32.0 Å². The van der Waals surface area contributed by atoms with Crippen molar-refractivity contribution < 1.29 is 19.4 Å². The summed E-state index contributed by atoms with van der Waals surface area (Å²) in [4.78, 5) is 12.8. The molecule has 22 heavy (non-hydrogen) atoms. The van der Waals surface area contributed by atoms with Gasteiger partial charge in [0.1, 0.15) is 0 Å². The summed E-state index contributed by atoms with van der Waals surface area (Å²) in [6.45, 7) is 3.71. The van der Waals surface area contributed by atoms with Gasteiger partial charge in [-0.3, -0.25) is 0 Å². The quantitative estimate of drug-likeness (QED) is 0.882. The van der Waals surface area contributed by atoms with Crippen LogP contribution < -0.4 is 9.47 Å². The molecule has 1 aromatic carbocycles. The Kier molecular flexibility index (Phi) is 5.02. The monoisotopic (exact) mass is 317 g/mol. The smallest absolute Gasteiger partial charge is 0.341 e. The number of aryl methyl sites for hydroxylation is 1. The normalized spacial score (nSPS) is 10.0. The fraction of sp³-hybridized carbons (Fsp3) is 0.250. The van der Waals surface area contributed by atoms with Gasteiger partial charge in [-0.25, -0.2) is 4.79 Å². The van der Waals surface area contributed by atoms with E-state index >= 15 is 0 Å². The number of nitrogens with zero attached hydrogens (tertiary/aromatic N) is 1. The first kappa shape index (κ1) is 15.9. The van der Waals surface area contributed by atoms with Crippen LogP contribution in [0.1, 0.15) is 17.4 Å². The summed E-state index contributed by atoms with van der Waals surface area (Å²) in [5, 5.41) is 18.0. The van der Waals surface area contributed by atoms with Crippen molar-refractivity contribution in [2.75, 3.05) is 13.2 Å². The van der Waals surface area contributed by atoms with Crippen molar-refractivity contribution in [2.45, 2.75) is 13.8 Å². The SMILES string of the molecule is CCOc1cc(C#N)cc(-c2ccc(C)s2)c1OCC(=O)O. The second-order valence-corrected chi connectivity index (χ2v) is 5.78. The number of carboxylic acids is 1. The van der Waals surface area contributed by atoms with Crippen LogP contribution in [0.5, 0.6) is 11.5 Å². The van der Waals surface area contributed by atoms with E-state index in [-0.39, 0.29) is 0 Å². The largest absolute Gasteiger partial charge is 0.490 e. The molecule has 0 aliphatic heterocycles. The van der Waals surface area contributed by atoms with Crippen LogP contribution in [0.15, 0.2) is 24.3 Å². The minimum Gasteiger partial charge on any atom is -0.490 e. The summed E-state index contributed by atoms with van der Waals surface area (Å²) in [5.41, 5.74) is 1.11. The molecule has 114 valence electrons. The standard InChI is InChI=1S/C16H15NO4S/c1-3-20-13-7-11(8-17)6-12(14-5-4-10(2)22-14)16(13)21-9-15(18)19/h4-7H,3,9H2,1-2H3,(H,18,19). The molecule has 0 fully saturated rings. The van der Waals surface area contributed by atoms with E-state index in [1.54, 1.807) is 23.5 Å². The molecule has 2 aromatic rings. The molecule has 1 N–H and O–H groups in total. The van der Waals surface area contributed by atoms with Crippen molar-refractivity contribution in [2.24, 2.45) is 0 Å². The van der Waals surface area contributed by atoms with Gasteiger partial charge in [-0.2, -0.15) is 5.26 Å². The molecule has 5 nitrogen and oxygen atoms in total. The maximum Gasteiger partial charge on any atom is 0.341 e. The highest BCUT2D eigenvalue weighted by molar-refractivity contribution is 7.15. The van der Waals surface area contributed by atoms with Gasteiger partial charge < -0.3 is 14.6 Å². The van der Waals surface area contributed by atoms with Gasteiger partial charge in [0.2, 0.25) is 0 Å². The predicted molar refractivity (Wildman–Crippen MR) is 83.5 cm³/mol. The fourth-order valence-electron chi connectivity index (χ4n) is 1.97. The Morgan fingerprint density at radius 3 is 2.68 bits per heavy atom. The Balaban J connectivity index is 2.58. The summed E-state index contributed by atoms with van der Waals surface area (Å²) in [7, 11) is 0. The molecule has 2 rings (SSSR count). The topological polar surface area (TPSA) is 79.5 Å². The summed E-state index contributed by atoms with van der Waals surface area (Å²) >= 11 is 1.54. The number of ether oxygens (including phenoxy) is 2. The van der Waals surface area contributed by atoms with E-state index in [0.717, 1.165) is 9.75 Å². The first-order valence-corrected chi connectivity index (χ1v) is 7.49. The van der Waals surface area contributed by atoms with Crippen molar-refractivity contribution in [1.29, 1.82) is 5.26 Å². The van der Waals surface area contributed by atoms with Crippen LogP contribution in [0, 0.1) is 18.3 Å². The van der Waals surface area contributed by atoms with Gasteiger partial charge in [0.05, 0.1) is 18.2 Å². The zero-order valence-electron chi connectivity index (χ0n) is 12.3. The van der Waals surface area contributed by atoms with Crippen LogP contribution in [-0.4, -0.2) is 24.3 Å². The molecular formula is C16H15NO4S. The third-order valence-electron chi connectivity index (χ3n) is 2.83. The number of nitriles is 1. The molecule has 0 amide bonds. The average Bonchev–Trinajstić information content (AvgIpc) is 2.91. The van der Waals surface area contributed by atoms with E-state index in [2.05, 4.69) is 6.07 Å². The Bertz CT molecular complexity index is 730. The van der Waals surface area contributed by atoms with Gasteiger partial charge in [0.15, 0.2) is 18.1 Å². The summed E-state index contributed by atoms with van der Waals surface area (Å²) in [5.74, 6) is -0.339. The lowest BCUT2D eigenvalue weighted by Crippen LogP contribution is -2.11. The zero-order chi connectivity index (χ0) is 16.1. The maximum atomic E-state index is 10.8. The minimum absolute atomic E-state index is 0.352. The van der Waals surface area contributed by atoms with Crippen molar-refractivity contribution in [1.82, 2.24) is 0 Å². The molecule has 6 heteroatoms. The number of carboxylic acid groups (broad SMARTS) is 1. The van der Waals surface area contributed by atoms with E-state index < -0.39 is 12.6 Å². The Morgan fingerprint density at radius 2 is 2.14 bits per heavy atom. The van der Waals surface area contributed by atoms with Crippen molar-refractivity contribution in [3.63, 3.8) is 0 Å². The first-order valence-electron chi connectivity index (χ1n) is 6.67. The third kappa shape index (κ3) is 3.57. The maximum absolute atomic E-state index is 10.8. The summed E-state index contributed by atoms with van der Waals surface area (Å²) < 4.78 is 10.9. The highest BCUT2D eigenvalue weighted by atomic mass is 32.1. The van der Waals surface area contributed by atoms with Gasteiger partial charge in [-0.15, -0.1) is 11.3 Å². The third-order valence-corrected chi connectivity index (χ3v) is 3.86. The minimum atomic E-state index is -1.07. The Morgan fingerprint density at radius 1 is 1.36 bits per heavy atom. The lowest BCUT2D eigenvalue weighted by molar-refractivity contribution is -0.139. The molecule has 0 unspecified atom stereocenters. The summed E-state index contributed by atoms with van der Waals surface area (Å²) in [6, 6.07) is 9.21. The second kappa shape index (κ2) is 6.96. The van der Waals surface area contributed by atoms with Crippen LogP contribution in [0.3, 0.4) is 0 Å². The highest BCUT2D eigenvalue weighted by Crippen LogP contribution is 2.42. The molecule has 0 saturated carbocycles. The van der Waals surface area contributed by atoms with E-state index in [0.29, 0.717) is 29.2 Å². The lowest BCUT2D eigenvalue weighted by atomic mass is 10.1. The molecule has 1 heterocycles. The van der Waals surface area contributed by atoms with Gasteiger partial charge in [-0.1, -0.05) is 0 Å². The number of aliphatic carboxylic acids is 1. The molecule has 0 aliphatic carbocycles. The van der Waals surface area contributed by atoms with Crippen molar-refractivity contribution in [3.05, 3.63) is 34.7 Å². The molecule has 0 atom stereocenters. The van der Waals surface area contributed by atoms with Gasteiger partial charge >= 0.3 is 5.97 Å². The summed E-state index contributed by atoms with van der Waals surface area (Å²) in [6.07, 6.45) is 0. The number of thiophene rings is 1. The number of benzene rings is 1. The first-order chi connectivity index (χ1) is 10.5. The van der Waals surface area contributed by atoms with E-state index in [9.17, 15) is 10.1 Å². The van der Waals surface area contributed by atoms with Gasteiger partial charge in [0.25, 0.3) is 0 Å². The second-order valence-electron chi connectivity index (χ2n) is 4.49. The average molecular weight is 317 g/mol. The number of rotatable bonds is 6. The van der Waals surface area contributed by atoms with E-state index in [4.69, 9.17) is 14.6 Å². The molecule has 1 aromatic heterocycles.